The van der Waals surface area contributed by atoms with Crippen LogP contribution in [0.2, 0.25) is 5.02 Å². The van der Waals surface area contributed by atoms with Crippen LogP contribution in [-0.4, -0.2) is 41.1 Å². The Morgan fingerprint density at radius 1 is 1.18 bits per heavy atom. The van der Waals surface area contributed by atoms with Crippen molar-refractivity contribution < 1.29 is 9.47 Å². The lowest BCUT2D eigenvalue weighted by molar-refractivity contribution is -0.0977. The molecule has 0 N–H and O–H groups in total. The molecule has 1 fully saturated rings. The molecule has 6 nitrogen and oxygen atoms in total. The Labute approximate surface area is 208 Å². The Hall–Kier alpha value is -2.47. The fraction of sp³-hybridized carbons (Fsp3) is 0.385. The standard InChI is InChI=1S/C26H27ClN4O2S/c27-22-5-7-26-23(10-22)21(15-34-26)13-30-8-2-1-3-20(14-32-18-33-17-30)12-31-16-29-24-6-4-19(11-28)9-25(24)31/h4-7,9-10,15-16,20H,1-3,8,12-14,17-18H2. The summed E-state index contributed by atoms with van der Waals surface area (Å²) in [6.45, 7) is 4.11. The summed E-state index contributed by atoms with van der Waals surface area (Å²) >= 11 is 8.00. The van der Waals surface area contributed by atoms with Crippen molar-refractivity contribution in [2.24, 2.45) is 5.92 Å². The van der Waals surface area contributed by atoms with Gasteiger partial charge in [0.2, 0.25) is 0 Å². The van der Waals surface area contributed by atoms with Gasteiger partial charge in [0.25, 0.3) is 0 Å². The van der Waals surface area contributed by atoms with Crippen molar-refractivity contribution in [2.75, 3.05) is 26.7 Å². The molecular formula is C26H27ClN4O2S. The van der Waals surface area contributed by atoms with Crippen LogP contribution in [0.1, 0.15) is 30.4 Å². The molecule has 1 aliphatic rings. The number of hydrogen-bond donors (Lipinski definition) is 0. The summed E-state index contributed by atoms with van der Waals surface area (Å²) in [6, 6.07) is 14.0. The minimum absolute atomic E-state index is 0.284. The van der Waals surface area contributed by atoms with Crippen LogP contribution in [0.25, 0.3) is 21.1 Å². The van der Waals surface area contributed by atoms with Crippen LogP contribution in [0.3, 0.4) is 0 Å². The van der Waals surface area contributed by atoms with E-state index in [1.807, 2.05) is 30.6 Å². The lowest BCUT2D eigenvalue weighted by Gasteiger charge is -2.21. The van der Waals surface area contributed by atoms with E-state index in [0.717, 1.165) is 55.0 Å². The third kappa shape index (κ3) is 5.43. The number of ether oxygens (including phenoxy) is 2. The van der Waals surface area contributed by atoms with Gasteiger partial charge in [-0.1, -0.05) is 18.0 Å². The lowest BCUT2D eigenvalue weighted by Crippen LogP contribution is -2.27. The van der Waals surface area contributed by atoms with E-state index >= 15 is 0 Å². The first-order valence-electron chi connectivity index (χ1n) is 11.6. The summed E-state index contributed by atoms with van der Waals surface area (Å²) in [5, 5.41) is 13.5. The molecule has 1 saturated heterocycles. The van der Waals surface area contributed by atoms with E-state index in [2.05, 4.69) is 38.0 Å². The molecule has 8 heteroatoms. The Morgan fingerprint density at radius 3 is 3.03 bits per heavy atom. The predicted octanol–water partition coefficient (Wildman–Crippen LogP) is 6.03. The zero-order valence-corrected chi connectivity index (χ0v) is 20.5. The number of thiophene rings is 1. The van der Waals surface area contributed by atoms with Crippen LogP contribution in [0.5, 0.6) is 0 Å². The number of halogens is 1. The lowest BCUT2D eigenvalue weighted by atomic mass is 10.0. The van der Waals surface area contributed by atoms with Crippen molar-refractivity contribution in [1.29, 1.82) is 5.26 Å². The van der Waals surface area contributed by atoms with E-state index in [4.69, 9.17) is 21.1 Å². The number of fused-ring (bicyclic) bond motifs is 2. The molecule has 2 aromatic heterocycles. The smallest absolute Gasteiger partial charge is 0.148 e. The van der Waals surface area contributed by atoms with Gasteiger partial charge in [0, 0.05) is 35.3 Å². The molecule has 0 bridgehead atoms. The maximum absolute atomic E-state index is 9.24. The van der Waals surface area contributed by atoms with Gasteiger partial charge >= 0.3 is 0 Å². The number of nitrogens with zero attached hydrogens (tertiary/aromatic N) is 4. The van der Waals surface area contributed by atoms with Crippen LogP contribution in [-0.2, 0) is 22.6 Å². The summed E-state index contributed by atoms with van der Waals surface area (Å²) in [5.74, 6) is 0.362. The highest BCUT2D eigenvalue weighted by atomic mass is 35.5. The second-order valence-corrected chi connectivity index (χ2v) is 10.2. The van der Waals surface area contributed by atoms with Crippen LogP contribution >= 0.6 is 22.9 Å². The monoisotopic (exact) mass is 494 g/mol. The SMILES string of the molecule is N#Cc1ccc2ncn(CC3CCCCN(Cc4csc5ccc(Cl)cc45)COCOC3)c2c1. The molecule has 0 radical (unpaired) electrons. The number of hydrogen-bond acceptors (Lipinski definition) is 6. The highest BCUT2D eigenvalue weighted by Gasteiger charge is 2.16. The van der Waals surface area contributed by atoms with Gasteiger partial charge in [-0.05, 0) is 65.6 Å². The van der Waals surface area contributed by atoms with E-state index in [1.165, 1.54) is 15.6 Å². The second-order valence-electron chi connectivity index (χ2n) is 8.85. The Morgan fingerprint density at radius 2 is 2.12 bits per heavy atom. The third-order valence-corrected chi connectivity index (χ3v) is 7.59. The van der Waals surface area contributed by atoms with Crippen molar-refractivity contribution >= 4 is 44.1 Å². The van der Waals surface area contributed by atoms with Gasteiger partial charge in [0.1, 0.15) is 13.5 Å². The van der Waals surface area contributed by atoms with E-state index < -0.39 is 0 Å². The van der Waals surface area contributed by atoms with Crippen molar-refractivity contribution in [3.63, 3.8) is 0 Å². The van der Waals surface area contributed by atoms with E-state index in [1.54, 1.807) is 11.3 Å². The van der Waals surface area contributed by atoms with Gasteiger partial charge in [-0.3, -0.25) is 4.90 Å². The zero-order valence-electron chi connectivity index (χ0n) is 19.0. The molecule has 176 valence electrons. The van der Waals surface area contributed by atoms with Gasteiger partial charge < -0.3 is 14.0 Å². The summed E-state index contributed by atoms with van der Waals surface area (Å²) in [5.41, 5.74) is 3.86. The van der Waals surface area contributed by atoms with Crippen molar-refractivity contribution in [1.82, 2.24) is 14.5 Å². The van der Waals surface area contributed by atoms with Crippen molar-refractivity contribution in [3.05, 3.63) is 64.3 Å². The highest BCUT2D eigenvalue weighted by Crippen LogP contribution is 2.30. The number of rotatable bonds is 4. The number of nitriles is 1. The fourth-order valence-electron chi connectivity index (χ4n) is 4.59. The molecule has 0 amide bonds. The second kappa shape index (κ2) is 10.9. The Kier molecular flexibility index (Phi) is 7.43. The predicted molar refractivity (Wildman–Crippen MR) is 136 cm³/mol. The number of benzene rings is 2. The average molecular weight is 495 g/mol. The molecule has 1 unspecified atom stereocenters. The highest BCUT2D eigenvalue weighted by molar-refractivity contribution is 7.17. The summed E-state index contributed by atoms with van der Waals surface area (Å²) in [7, 11) is 0. The molecule has 2 aromatic carbocycles. The van der Waals surface area contributed by atoms with Gasteiger partial charge in [-0.15, -0.1) is 11.3 Å². The van der Waals surface area contributed by atoms with Crippen molar-refractivity contribution in [2.45, 2.75) is 32.4 Å². The van der Waals surface area contributed by atoms with Crippen LogP contribution < -0.4 is 0 Å². The zero-order chi connectivity index (χ0) is 23.3. The van der Waals surface area contributed by atoms with Crippen LogP contribution in [0, 0.1) is 17.2 Å². The summed E-state index contributed by atoms with van der Waals surface area (Å²) < 4.78 is 15.2. The first kappa shape index (κ1) is 23.3. The first-order chi connectivity index (χ1) is 16.7. The molecule has 3 heterocycles. The third-order valence-electron chi connectivity index (χ3n) is 6.35. The molecule has 5 rings (SSSR count). The van der Waals surface area contributed by atoms with Crippen molar-refractivity contribution in [3.8, 4) is 6.07 Å². The quantitative estimate of drug-likeness (QED) is 0.347. The number of aromatic nitrogens is 2. The normalized spacial score (nSPS) is 18.6. The maximum Gasteiger partial charge on any atom is 0.148 e. The molecule has 1 aliphatic heterocycles. The molecular weight excluding hydrogens is 468 g/mol. The molecule has 0 spiro atoms. The Balaban J connectivity index is 1.21. The maximum atomic E-state index is 9.24. The molecule has 1 atom stereocenters. The summed E-state index contributed by atoms with van der Waals surface area (Å²) in [6.07, 6.45) is 5.16. The molecule has 4 aromatic rings. The Bertz CT molecular complexity index is 1310. The van der Waals surface area contributed by atoms with Gasteiger partial charge in [-0.2, -0.15) is 5.26 Å². The van der Waals surface area contributed by atoms with Gasteiger partial charge in [-0.25, -0.2) is 4.98 Å². The first-order valence-corrected chi connectivity index (χ1v) is 12.8. The van der Waals surface area contributed by atoms with E-state index in [9.17, 15) is 5.26 Å². The van der Waals surface area contributed by atoms with E-state index in [0.29, 0.717) is 24.8 Å². The largest absolute Gasteiger partial charge is 0.355 e. The van der Waals surface area contributed by atoms with Gasteiger partial charge in [0.05, 0.1) is 35.6 Å². The fourth-order valence-corrected chi connectivity index (χ4v) is 5.70. The van der Waals surface area contributed by atoms with Crippen LogP contribution in [0.15, 0.2) is 48.1 Å². The minimum atomic E-state index is 0.284. The molecule has 0 saturated carbocycles. The molecule has 34 heavy (non-hydrogen) atoms. The summed E-state index contributed by atoms with van der Waals surface area (Å²) in [4.78, 5) is 6.84. The molecule has 0 aliphatic carbocycles. The minimum Gasteiger partial charge on any atom is -0.355 e. The van der Waals surface area contributed by atoms with Gasteiger partial charge in [0.15, 0.2) is 0 Å². The average Bonchev–Trinajstić information content (AvgIpc) is 3.42. The topological polar surface area (TPSA) is 63.3 Å². The van der Waals surface area contributed by atoms with Crippen LogP contribution in [0.4, 0.5) is 0 Å². The van der Waals surface area contributed by atoms with E-state index in [-0.39, 0.29) is 6.79 Å². The number of imidazole rings is 1.